The van der Waals surface area contributed by atoms with Gasteiger partial charge >= 0.3 is 7.60 Å². The van der Waals surface area contributed by atoms with Gasteiger partial charge < -0.3 is 9.05 Å². The average molecular weight is 514 g/mol. The first-order valence-corrected chi connectivity index (χ1v) is 14.9. The smallest absolute Gasteiger partial charge is 0.307 e. The molecular weight excluding hydrogens is 489 g/mol. The lowest BCUT2D eigenvalue weighted by molar-refractivity contribution is 0.103. The maximum absolute atomic E-state index is 14.1. The molecule has 1 aliphatic rings. The number of Topliss-reactive ketones (excluding diaryl/α,β-unsaturated/α-hetero) is 1. The van der Waals surface area contributed by atoms with Crippen LogP contribution in [-0.4, -0.2) is 42.1 Å². The van der Waals surface area contributed by atoms with Gasteiger partial charge in [-0.2, -0.15) is 4.72 Å². The number of rotatable bonds is 9. The van der Waals surface area contributed by atoms with Crippen molar-refractivity contribution in [3.8, 4) is 0 Å². The molecule has 3 rings (SSSR count). The first-order chi connectivity index (χ1) is 15.4. The van der Waals surface area contributed by atoms with Crippen LogP contribution in [0.4, 0.5) is 0 Å². The number of fused-ring (bicyclic) bond motifs is 1. The van der Waals surface area contributed by atoms with Gasteiger partial charge in [-0.05, 0) is 32.1 Å². The van der Waals surface area contributed by atoms with Crippen molar-refractivity contribution in [3.63, 3.8) is 0 Å². The van der Waals surface area contributed by atoms with E-state index in [1.165, 1.54) is 62.4 Å². The lowest BCUT2D eigenvalue weighted by Crippen LogP contribution is -2.48. The van der Waals surface area contributed by atoms with Crippen molar-refractivity contribution in [1.82, 2.24) is 4.72 Å². The Hall–Kier alpha value is -2.14. The molecule has 2 aromatic carbocycles. The zero-order chi connectivity index (χ0) is 24.5. The minimum absolute atomic E-state index is 0.0299. The van der Waals surface area contributed by atoms with Gasteiger partial charge in [0.15, 0.2) is 5.28 Å². The molecule has 2 aromatic rings. The summed E-state index contributed by atoms with van der Waals surface area (Å²) >= 11 is 0. The molecule has 1 atom stereocenters. The minimum atomic E-state index is -4.46. The number of carbonyl (C=O) groups excluding carboxylic acids is 1. The summed E-state index contributed by atoms with van der Waals surface area (Å²) in [6, 6.07) is 12.9. The van der Waals surface area contributed by atoms with Crippen molar-refractivity contribution in [2.45, 2.75) is 24.0 Å². The Balaban J connectivity index is 2.47. The normalized spacial score (nSPS) is 19.1. The molecule has 0 aliphatic heterocycles. The van der Waals surface area contributed by atoms with Crippen molar-refractivity contribution in [2.75, 3.05) is 19.5 Å². The molecule has 0 aromatic heterocycles. The molecule has 1 unspecified atom stereocenters. The van der Waals surface area contributed by atoms with E-state index in [0.29, 0.717) is 0 Å². The van der Waals surface area contributed by atoms with Crippen LogP contribution in [0.3, 0.4) is 0 Å². The molecule has 0 bridgehead atoms. The highest BCUT2D eigenvalue weighted by Crippen LogP contribution is 2.66. The van der Waals surface area contributed by atoms with E-state index in [1.54, 1.807) is 6.07 Å². The van der Waals surface area contributed by atoms with Crippen LogP contribution in [0, 0.1) is 0 Å². The predicted molar refractivity (Wildman–Crippen MR) is 123 cm³/mol. The summed E-state index contributed by atoms with van der Waals surface area (Å²) in [5.74, 6) is -0.861. The van der Waals surface area contributed by atoms with E-state index in [9.17, 15) is 26.2 Å². The molecule has 33 heavy (non-hydrogen) atoms. The largest absolute Gasteiger partial charge is 0.360 e. The summed E-state index contributed by atoms with van der Waals surface area (Å²) in [5.41, 5.74) is -0.164. The van der Waals surface area contributed by atoms with Gasteiger partial charge in [0.05, 0.1) is 24.4 Å². The molecular formula is C21H24NO8PS2. The third-order valence-corrected chi connectivity index (χ3v) is 10.0. The third-order valence-electron chi connectivity index (χ3n) is 4.86. The predicted octanol–water partition coefficient (Wildman–Crippen LogP) is 3.21. The van der Waals surface area contributed by atoms with Gasteiger partial charge in [-0.1, -0.05) is 42.5 Å². The fraction of sp³-hybridized carbons (Fsp3) is 0.286. The fourth-order valence-electron chi connectivity index (χ4n) is 3.64. The second kappa shape index (κ2) is 9.25. The molecule has 1 aliphatic carbocycles. The molecule has 0 heterocycles. The number of nitrogens with one attached hydrogen (secondary N) is 1. The van der Waals surface area contributed by atoms with Crippen LogP contribution >= 0.6 is 7.60 Å². The summed E-state index contributed by atoms with van der Waals surface area (Å²) in [7, 11) is -13.0. The first-order valence-electron chi connectivity index (χ1n) is 9.97. The van der Waals surface area contributed by atoms with Crippen LogP contribution in [0.2, 0.25) is 0 Å². The highest BCUT2D eigenvalue weighted by atomic mass is 32.2. The quantitative estimate of drug-likeness (QED) is 0.506. The number of ketones is 1. The van der Waals surface area contributed by atoms with E-state index < -0.39 is 43.4 Å². The van der Waals surface area contributed by atoms with Crippen LogP contribution in [0.15, 0.2) is 70.5 Å². The Morgan fingerprint density at radius 1 is 0.909 bits per heavy atom. The van der Waals surface area contributed by atoms with E-state index in [4.69, 9.17) is 9.05 Å². The molecule has 12 heteroatoms. The topological polar surface area (TPSA) is 133 Å². The lowest BCUT2D eigenvalue weighted by atomic mass is 9.92. The van der Waals surface area contributed by atoms with Crippen molar-refractivity contribution in [3.05, 3.63) is 76.7 Å². The molecule has 1 N–H and O–H groups in total. The summed E-state index contributed by atoms with van der Waals surface area (Å²) in [4.78, 5) is 12.4. The highest BCUT2D eigenvalue weighted by Gasteiger charge is 2.57. The minimum Gasteiger partial charge on any atom is -0.307 e. The van der Waals surface area contributed by atoms with Gasteiger partial charge in [0.1, 0.15) is 4.91 Å². The van der Waals surface area contributed by atoms with Gasteiger partial charge in [0, 0.05) is 11.1 Å². The zero-order valence-electron chi connectivity index (χ0n) is 18.2. The van der Waals surface area contributed by atoms with Gasteiger partial charge in [-0.3, -0.25) is 9.36 Å². The summed E-state index contributed by atoms with van der Waals surface area (Å²) in [6.07, 6.45) is 1.68. The van der Waals surface area contributed by atoms with Crippen molar-refractivity contribution in [2.24, 2.45) is 0 Å². The monoisotopic (exact) mass is 513 g/mol. The molecule has 0 radical (unpaired) electrons. The number of hydrogen-bond donors (Lipinski definition) is 1. The van der Waals surface area contributed by atoms with Crippen LogP contribution < -0.4 is 4.72 Å². The van der Waals surface area contributed by atoms with Crippen LogP contribution in [0.25, 0.3) is 0 Å². The van der Waals surface area contributed by atoms with Crippen molar-refractivity contribution in [1.29, 1.82) is 0 Å². The number of allylic oxidation sites excluding steroid dienone is 1. The van der Waals surface area contributed by atoms with Gasteiger partial charge in [0.2, 0.25) is 25.6 Å². The van der Waals surface area contributed by atoms with Crippen LogP contribution in [0.1, 0.15) is 29.8 Å². The Morgan fingerprint density at radius 3 is 2.00 bits per heavy atom. The van der Waals surface area contributed by atoms with E-state index in [-0.39, 0.29) is 29.2 Å². The van der Waals surface area contributed by atoms with E-state index in [0.717, 1.165) is 12.3 Å². The second-order valence-electron chi connectivity index (χ2n) is 7.17. The number of benzene rings is 2. The van der Waals surface area contributed by atoms with Crippen molar-refractivity contribution >= 4 is 33.2 Å². The third kappa shape index (κ3) is 4.62. The van der Waals surface area contributed by atoms with Crippen molar-refractivity contribution < 1.29 is 35.2 Å². The zero-order valence-corrected chi connectivity index (χ0v) is 20.7. The second-order valence-corrected chi connectivity index (χ2v) is 13.1. The molecule has 178 valence electrons. The van der Waals surface area contributed by atoms with Crippen LogP contribution in [-0.2, 0) is 38.8 Å². The molecule has 0 saturated heterocycles. The molecule has 9 nitrogen and oxygen atoms in total. The maximum atomic E-state index is 14.1. The number of sulfone groups is 1. The Bertz CT molecular complexity index is 1340. The molecule has 0 spiro atoms. The highest BCUT2D eigenvalue weighted by molar-refractivity contribution is 7.96. The van der Waals surface area contributed by atoms with Gasteiger partial charge in [0.25, 0.3) is 0 Å². The Kier molecular flexibility index (Phi) is 7.14. The number of hydrogen-bond acceptors (Lipinski definition) is 8. The van der Waals surface area contributed by atoms with E-state index in [1.807, 2.05) is 0 Å². The number of sulfonamides is 1. The van der Waals surface area contributed by atoms with E-state index >= 15 is 0 Å². The lowest BCUT2D eigenvalue weighted by Gasteiger charge is -2.40. The van der Waals surface area contributed by atoms with Crippen LogP contribution in [0.5, 0.6) is 0 Å². The summed E-state index contributed by atoms with van der Waals surface area (Å²) in [5, 5.41) is -2.30. The standard InChI is InChI=1S/C21H24NO8PS2/c1-4-29-31(24,30-5-2)21(22-32(3,25)26)15-19(20(23)17-13-9-10-14-18(17)21)33(27,28)16-11-7-6-8-12-16/h6-15,22H,4-5H2,1-3H3. The molecule has 0 amide bonds. The van der Waals surface area contributed by atoms with Gasteiger partial charge in [-0.15, -0.1) is 0 Å². The summed E-state index contributed by atoms with van der Waals surface area (Å²) < 4.78 is 79.2. The first kappa shape index (κ1) is 25.5. The fourth-order valence-corrected chi connectivity index (χ4v) is 8.80. The molecule has 0 saturated carbocycles. The Labute approximate surface area is 193 Å². The SMILES string of the molecule is CCOP(=O)(OCC)C1(NS(C)(=O)=O)C=C(S(=O)(=O)c2ccccc2)C(=O)c2ccccc21. The van der Waals surface area contributed by atoms with E-state index in [2.05, 4.69) is 4.72 Å². The summed E-state index contributed by atoms with van der Waals surface area (Å²) in [6.45, 7) is 2.81. The molecule has 0 fully saturated rings. The van der Waals surface area contributed by atoms with Gasteiger partial charge in [-0.25, -0.2) is 16.8 Å². The number of carbonyl (C=O) groups is 1. The Morgan fingerprint density at radius 2 is 1.45 bits per heavy atom. The average Bonchev–Trinajstić information content (AvgIpc) is 2.75. The maximum Gasteiger partial charge on any atom is 0.360 e.